The van der Waals surface area contributed by atoms with Gasteiger partial charge in [0.25, 0.3) is 0 Å². The molecule has 27 heavy (non-hydrogen) atoms. The van der Waals surface area contributed by atoms with Gasteiger partial charge in [0.1, 0.15) is 4.88 Å². The third kappa shape index (κ3) is 5.55. The highest BCUT2D eigenvalue weighted by Crippen LogP contribution is 2.28. The Hall–Kier alpha value is -2.87. The van der Waals surface area contributed by atoms with Gasteiger partial charge < -0.3 is 14.2 Å². The van der Waals surface area contributed by atoms with E-state index in [2.05, 4.69) is 10.3 Å². The zero-order chi connectivity index (χ0) is 19.8. The second-order valence-electron chi connectivity index (χ2n) is 5.32. The van der Waals surface area contributed by atoms with Crippen LogP contribution in [-0.4, -0.2) is 37.2 Å². The van der Waals surface area contributed by atoms with Crippen molar-refractivity contribution in [3.8, 4) is 11.5 Å². The van der Waals surface area contributed by atoms with E-state index in [1.54, 1.807) is 39.2 Å². The van der Waals surface area contributed by atoms with E-state index in [0.717, 1.165) is 16.9 Å². The van der Waals surface area contributed by atoms with Gasteiger partial charge in [-0.2, -0.15) is 0 Å². The van der Waals surface area contributed by atoms with E-state index in [-0.39, 0.29) is 12.5 Å². The molecule has 1 aromatic carbocycles. The van der Waals surface area contributed by atoms with Gasteiger partial charge in [-0.05, 0) is 44.5 Å². The summed E-state index contributed by atoms with van der Waals surface area (Å²) in [6, 6.07) is 5.39. The zero-order valence-electron chi connectivity index (χ0n) is 15.7. The van der Waals surface area contributed by atoms with E-state index in [0.29, 0.717) is 33.8 Å². The highest BCUT2D eigenvalue weighted by molar-refractivity contribution is 7.17. The van der Waals surface area contributed by atoms with Crippen molar-refractivity contribution >= 4 is 34.4 Å². The Morgan fingerprint density at radius 1 is 1.22 bits per heavy atom. The minimum Gasteiger partial charge on any atom is -0.493 e. The van der Waals surface area contributed by atoms with E-state index < -0.39 is 5.97 Å². The largest absolute Gasteiger partial charge is 0.493 e. The molecule has 0 saturated carbocycles. The number of anilines is 1. The molecule has 0 aliphatic heterocycles. The van der Waals surface area contributed by atoms with Gasteiger partial charge in [-0.25, -0.2) is 9.78 Å². The van der Waals surface area contributed by atoms with E-state index in [4.69, 9.17) is 14.2 Å². The minimum absolute atomic E-state index is 0.284. The molecule has 0 radical (unpaired) electrons. The first-order valence-corrected chi connectivity index (χ1v) is 9.24. The van der Waals surface area contributed by atoms with E-state index >= 15 is 0 Å². The summed E-state index contributed by atoms with van der Waals surface area (Å²) in [6.45, 7) is 6.14. The number of carbonyl (C=O) groups excluding carboxylic acids is 2. The van der Waals surface area contributed by atoms with Gasteiger partial charge in [0.15, 0.2) is 16.6 Å². The molecule has 1 heterocycles. The summed E-state index contributed by atoms with van der Waals surface area (Å²) in [5.41, 5.74) is 1.31. The summed E-state index contributed by atoms with van der Waals surface area (Å²) in [7, 11) is 1.56. The van der Waals surface area contributed by atoms with E-state index in [1.165, 1.54) is 6.08 Å². The maximum atomic E-state index is 12.1. The lowest BCUT2D eigenvalue weighted by Crippen LogP contribution is -2.07. The van der Waals surface area contributed by atoms with Crippen molar-refractivity contribution in [3.05, 3.63) is 40.4 Å². The van der Waals surface area contributed by atoms with Gasteiger partial charge in [0.2, 0.25) is 5.91 Å². The summed E-state index contributed by atoms with van der Waals surface area (Å²) in [6.07, 6.45) is 3.04. The number of aromatic nitrogens is 1. The molecule has 0 saturated heterocycles. The van der Waals surface area contributed by atoms with Crippen LogP contribution in [0.25, 0.3) is 6.08 Å². The first-order chi connectivity index (χ1) is 13.0. The molecule has 0 aliphatic rings. The highest BCUT2D eigenvalue weighted by atomic mass is 32.1. The Balaban J connectivity index is 2.05. The second-order valence-corrected chi connectivity index (χ2v) is 6.32. The number of nitrogens with one attached hydrogen (secondary N) is 1. The second kappa shape index (κ2) is 9.72. The first-order valence-electron chi connectivity index (χ1n) is 8.42. The number of nitrogens with zero attached hydrogens (tertiary/aromatic N) is 1. The molecule has 0 fully saturated rings. The summed E-state index contributed by atoms with van der Waals surface area (Å²) in [5.74, 6) is 0.442. The highest BCUT2D eigenvalue weighted by Gasteiger charge is 2.17. The standard InChI is InChI=1S/C19H22N2O5S/c1-5-25-14-9-7-13(11-15(14)24-4)8-10-16(22)21-19-20-12(3)17(27-19)18(23)26-6-2/h7-11H,5-6H2,1-4H3,(H,20,21,22)/b10-8+. The van der Waals surface area contributed by atoms with Crippen LogP contribution in [0.15, 0.2) is 24.3 Å². The van der Waals surface area contributed by atoms with Crippen molar-refractivity contribution in [2.45, 2.75) is 20.8 Å². The normalized spacial score (nSPS) is 10.7. The maximum absolute atomic E-state index is 12.1. The molecule has 1 aromatic heterocycles. The molecule has 144 valence electrons. The van der Waals surface area contributed by atoms with Crippen LogP contribution in [0, 0.1) is 6.92 Å². The summed E-state index contributed by atoms with van der Waals surface area (Å²) in [4.78, 5) is 28.5. The summed E-state index contributed by atoms with van der Waals surface area (Å²) in [5, 5.41) is 2.99. The average molecular weight is 390 g/mol. The third-order valence-corrected chi connectivity index (χ3v) is 4.46. The van der Waals surface area contributed by atoms with Crippen molar-refractivity contribution in [3.63, 3.8) is 0 Å². The number of aryl methyl sites for hydroxylation is 1. The van der Waals surface area contributed by atoms with Crippen LogP contribution in [-0.2, 0) is 9.53 Å². The Morgan fingerprint density at radius 2 is 2.00 bits per heavy atom. The maximum Gasteiger partial charge on any atom is 0.350 e. The Bertz CT molecular complexity index is 845. The quantitative estimate of drug-likeness (QED) is 0.546. The van der Waals surface area contributed by atoms with Crippen molar-refractivity contribution in [2.75, 3.05) is 25.6 Å². The van der Waals surface area contributed by atoms with Gasteiger partial charge in [-0.3, -0.25) is 10.1 Å². The number of thiazole rings is 1. The molecule has 0 unspecified atom stereocenters. The molecule has 0 atom stereocenters. The number of hydrogen-bond donors (Lipinski definition) is 1. The molecular weight excluding hydrogens is 368 g/mol. The van der Waals surface area contributed by atoms with Gasteiger partial charge in [-0.15, -0.1) is 0 Å². The van der Waals surface area contributed by atoms with Crippen LogP contribution in [0.4, 0.5) is 5.13 Å². The molecule has 8 heteroatoms. The molecule has 1 N–H and O–H groups in total. The fourth-order valence-electron chi connectivity index (χ4n) is 2.22. The Morgan fingerprint density at radius 3 is 2.67 bits per heavy atom. The third-order valence-electron chi connectivity index (χ3n) is 3.40. The van der Waals surface area contributed by atoms with Crippen molar-refractivity contribution in [1.29, 1.82) is 0 Å². The smallest absolute Gasteiger partial charge is 0.350 e. The van der Waals surface area contributed by atoms with Crippen LogP contribution in [0.2, 0.25) is 0 Å². The lowest BCUT2D eigenvalue weighted by atomic mass is 10.2. The van der Waals surface area contributed by atoms with Gasteiger partial charge in [0, 0.05) is 6.08 Å². The molecule has 1 amide bonds. The predicted molar refractivity (Wildman–Crippen MR) is 105 cm³/mol. The SMILES string of the molecule is CCOC(=O)c1sc(NC(=O)/C=C/c2ccc(OCC)c(OC)c2)nc1C. The first kappa shape index (κ1) is 20.4. The van der Waals surface area contributed by atoms with Gasteiger partial charge >= 0.3 is 5.97 Å². The zero-order valence-corrected chi connectivity index (χ0v) is 16.5. The molecule has 0 bridgehead atoms. The topological polar surface area (TPSA) is 86.8 Å². The number of ether oxygens (including phenoxy) is 3. The molecule has 0 spiro atoms. The number of hydrogen-bond acceptors (Lipinski definition) is 7. The van der Waals surface area contributed by atoms with Crippen LogP contribution >= 0.6 is 11.3 Å². The molecule has 0 aliphatic carbocycles. The fraction of sp³-hybridized carbons (Fsp3) is 0.316. The number of esters is 1. The minimum atomic E-state index is -0.440. The van der Waals surface area contributed by atoms with Crippen molar-refractivity contribution in [1.82, 2.24) is 4.98 Å². The van der Waals surface area contributed by atoms with Crippen molar-refractivity contribution < 1.29 is 23.8 Å². The molecular formula is C19H22N2O5S. The van der Waals surface area contributed by atoms with Crippen LogP contribution in [0.3, 0.4) is 0 Å². The van der Waals surface area contributed by atoms with E-state index in [1.807, 2.05) is 13.0 Å². The lowest BCUT2D eigenvalue weighted by Gasteiger charge is -2.09. The molecule has 2 aromatic rings. The molecule has 2 rings (SSSR count). The number of amides is 1. The Labute approximate surface area is 162 Å². The Kier molecular flexibility index (Phi) is 7.36. The monoisotopic (exact) mass is 390 g/mol. The summed E-state index contributed by atoms with van der Waals surface area (Å²) < 4.78 is 15.7. The lowest BCUT2D eigenvalue weighted by molar-refractivity contribution is -0.111. The van der Waals surface area contributed by atoms with Crippen LogP contribution < -0.4 is 14.8 Å². The predicted octanol–water partition coefficient (Wildman–Crippen LogP) is 3.69. The van der Waals surface area contributed by atoms with Crippen LogP contribution in [0.1, 0.15) is 34.8 Å². The van der Waals surface area contributed by atoms with E-state index in [9.17, 15) is 9.59 Å². The van der Waals surface area contributed by atoms with Crippen LogP contribution in [0.5, 0.6) is 11.5 Å². The summed E-state index contributed by atoms with van der Waals surface area (Å²) >= 11 is 1.08. The average Bonchev–Trinajstić information content (AvgIpc) is 3.01. The van der Waals surface area contributed by atoms with Gasteiger partial charge in [-0.1, -0.05) is 17.4 Å². The number of methoxy groups -OCH3 is 1. The van der Waals surface area contributed by atoms with Crippen molar-refractivity contribution in [2.24, 2.45) is 0 Å². The number of carbonyl (C=O) groups is 2. The number of benzene rings is 1. The van der Waals surface area contributed by atoms with Gasteiger partial charge in [0.05, 0.1) is 26.0 Å². The number of rotatable bonds is 8. The fourth-order valence-corrected chi connectivity index (χ4v) is 3.08. The molecule has 7 nitrogen and oxygen atoms in total.